The van der Waals surface area contributed by atoms with E-state index in [0.29, 0.717) is 17.0 Å². The Hall–Kier alpha value is -1.40. The first-order valence-corrected chi connectivity index (χ1v) is 10.3. The van der Waals surface area contributed by atoms with Crippen molar-refractivity contribution in [3.8, 4) is 0 Å². The van der Waals surface area contributed by atoms with E-state index in [4.69, 9.17) is 35.3 Å². The van der Waals surface area contributed by atoms with Crippen LogP contribution in [-0.4, -0.2) is 73.3 Å². The molecule has 5 heterocycles. The summed E-state index contributed by atoms with van der Waals surface area (Å²) in [7, 11) is 0. The smallest absolute Gasteiger partial charge is 0.167 e. The molecule has 3 fully saturated rings. The lowest BCUT2D eigenvalue weighted by atomic mass is 9.99. The molecule has 6 atom stereocenters. The molecule has 0 saturated carbocycles. The molecule has 0 aromatic carbocycles. The summed E-state index contributed by atoms with van der Waals surface area (Å²) in [5, 5.41) is 11.6. The maximum atomic E-state index is 11.3. The van der Waals surface area contributed by atoms with Crippen LogP contribution in [0.3, 0.4) is 0 Å². The van der Waals surface area contributed by atoms with Gasteiger partial charge in [-0.3, -0.25) is 4.57 Å². The zero-order chi connectivity index (χ0) is 21.4. The van der Waals surface area contributed by atoms with E-state index in [-0.39, 0.29) is 11.8 Å². The lowest BCUT2D eigenvalue weighted by Crippen LogP contribution is -2.55. The third-order valence-electron chi connectivity index (χ3n) is 5.58. The van der Waals surface area contributed by atoms with Crippen LogP contribution in [0.2, 0.25) is 5.15 Å². The van der Waals surface area contributed by atoms with Crippen LogP contribution in [0.1, 0.15) is 39.7 Å². The number of aliphatic hydroxyl groups is 1. The number of aliphatic hydroxyl groups excluding tert-OH is 1. The molecule has 0 radical (unpaired) electrons. The molecule has 2 aromatic rings. The second-order valence-electron chi connectivity index (χ2n) is 8.80. The minimum Gasteiger partial charge on any atom is -0.386 e. The second kappa shape index (κ2) is 6.80. The normalized spacial score (nSPS) is 37.6. The van der Waals surface area contributed by atoms with Gasteiger partial charge in [0.2, 0.25) is 0 Å². The fraction of sp³-hybridized carbons (Fsp3) is 0.737. The molecule has 5 rings (SSSR count). The Morgan fingerprint density at radius 1 is 1.07 bits per heavy atom. The van der Waals surface area contributed by atoms with Crippen molar-refractivity contribution in [2.24, 2.45) is 0 Å². The van der Waals surface area contributed by atoms with Gasteiger partial charge in [0, 0.05) is 0 Å². The summed E-state index contributed by atoms with van der Waals surface area (Å²) in [6.07, 6.45) is -2.64. The van der Waals surface area contributed by atoms with Gasteiger partial charge >= 0.3 is 0 Å². The van der Waals surface area contributed by atoms with E-state index in [0.717, 1.165) is 0 Å². The molecule has 1 N–H and O–H groups in total. The van der Waals surface area contributed by atoms with Gasteiger partial charge in [-0.05, 0) is 34.6 Å². The Kier molecular flexibility index (Phi) is 4.64. The highest BCUT2D eigenvalue weighted by molar-refractivity contribution is 6.33. The number of nitrogens with zero attached hydrogens (tertiary/aromatic N) is 4. The van der Waals surface area contributed by atoms with E-state index in [2.05, 4.69) is 15.0 Å². The number of halogens is 1. The monoisotopic (exact) mass is 440 g/mol. The molecule has 3 unspecified atom stereocenters. The highest BCUT2D eigenvalue weighted by atomic mass is 35.5. The van der Waals surface area contributed by atoms with Crippen molar-refractivity contribution < 1.29 is 28.8 Å². The van der Waals surface area contributed by atoms with Gasteiger partial charge in [-0.15, -0.1) is 0 Å². The third-order valence-corrected chi connectivity index (χ3v) is 5.84. The lowest BCUT2D eigenvalue weighted by molar-refractivity contribution is -0.332. The zero-order valence-corrected chi connectivity index (χ0v) is 18.2. The first kappa shape index (κ1) is 20.5. The highest BCUT2D eigenvalue weighted by Gasteiger charge is 2.58. The van der Waals surface area contributed by atoms with Crippen LogP contribution in [0.5, 0.6) is 0 Å². The first-order chi connectivity index (χ1) is 14.0. The molecule has 0 bridgehead atoms. The van der Waals surface area contributed by atoms with Crippen LogP contribution < -0.4 is 0 Å². The summed E-state index contributed by atoms with van der Waals surface area (Å²) in [6, 6.07) is 0. The van der Waals surface area contributed by atoms with Crippen LogP contribution in [0.25, 0.3) is 11.2 Å². The molecule has 0 aliphatic carbocycles. The Bertz CT molecular complexity index is 981. The molecule has 0 amide bonds. The van der Waals surface area contributed by atoms with Crippen LogP contribution in [0.4, 0.5) is 0 Å². The fourth-order valence-corrected chi connectivity index (χ4v) is 4.62. The van der Waals surface area contributed by atoms with Crippen molar-refractivity contribution in [2.45, 2.75) is 82.9 Å². The van der Waals surface area contributed by atoms with Crippen molar-refractivity contribution in [1.82, 2.24) is 19.5 Å². The molecule has 3 aliphatic rings. The number of fused-ring (bicyclic) bond motifs is 4. The summed E-state index contributed by atoms with van der Waals surface area (Å²) in [5.74, 6) is -1.20. The maximum Gasteiger partial charge on any atom is 0.167 e. The highest BCUT2D eigenvalue weighted by Crippen LogP contribution is 2.43. The van der Waals surface area contributed by atoms with Gasteiger partial charge in [0.1, 0.15) is 41.9 Å². The minimum absolute atomic E-state index is 0.239. The summed E-state index contributed by atoms with van der Waals surface area (Å²) in [5.41, 5.74) is 0.888. The Balaban J connectivity index is 1.59. The van der Waals surface area contributed by atoms with E-state index in [1.807, 2.05) is 27.7 Å². The lowest BCUT2D eigenvalue weighted by Gasteiger charge is -2.42. The van der Waals surface area contributed by atoms with Gasteiger partial charge < -0.3 is 28.8 Å². The third kappa shape index (κ3) is 3.31. The molecular weight excluding hydrogens is 416 g/mol. The van der Waals surface area contributed by atoms with Gasteiger partial charge in [0.25, 0.3) is 0 Å². The average molecular weight is 441 g/mol. The second-order valence-corrected chi connectivity index (χ2v) is 9.16. The number of aromatic nitrogens is 4. The number of imidazole rings is 1. The summed E-state index contributed by atoms with van der Waals surface area (Å²) in [4.78, 5) is 12.9. The zero-order valence-electron chi connectivity index (χ0n) is 17.4. The van der Waals surface area contributed by atoms with Crippen molar-refractivity contribution in [2.75, 3.05) is 6.61 Å². The minimum atomic E-state index is -1.08. The summed E-state index contributed by atoms with van der Waals surface area (Å²) >= 11 is 6.24. The van der Waals surface area contributed by atoms with Gasteiger partial charge in [-0.25, -0.2) is 15.0 Å². The van der Waals surface area contributed by atoms with Crippen molar-refractivity contribution in [3.63, 3.8) is 0 Å². The topological polar surface area (TPSA) is 110 Å². The van der Waals surface area contributed by atoms with Crippen molar-refractivity contribution >= 4 is 22.8 Å². The van der Waals surface area contributed by atoms with Crippen LogP contribution in [0, 0.1) is 6.92 Å². The van der Waals surface area contributed by atoms with Crippen molar-refractivity contribution in [3.05, 3.63) is 17.3 Å². The molecule has 11 heteroatoms. The van der Waals surface area contributed by atoms with E-state index in [1.165, 1.54) is 6.33 Å². The Morgan fingerprint density at radius 2 is 1.77 bits per heavy atom. The van der Waals surface area contributed by atoms with E-state index in [1.54, 1.807) is 11.5 Å². The molecule has 164 valence electrons. The quantitative estimate of drug-likeness (QED) is 0.662. The molecular formula is C19H25ClN4O6. The Morgan fingerprint density at radius 3 is 2.53 bits per heavy atom. The summed E-state index contributed by atoms with van der Waals surface area (Å²) in [6.45, 7) is 9.31. The van der Waals surface area contributed by atoms with Gasteiger partial charge in [-0.1, -0.05) is 11.6 Å². The number of hydrogen-bond acceptors (Lipinski definition) is 9. The predicted octanol–water partition coefficient (Wildman–Crippen LogP) is 1.72. The largest absolute Gasteiger partial charge is 0.386 e. The number of aryl methyl sites for hydroxylation is 1. The standard InChI is InChI=1S/C19H25ClN4O6/c1-8-22-15(20)10-16(23-8)24(7-21-10)17-11(25)13-14(30-19(4,5)29-13)12-9(27-17)6-26-18(2,3)28-12/h7,9,11-14,17,25H,6H2,1-5H3/t9?,11?,12-,13?,14+,17-/m1/s1. The molecule has 30 heavy (non-hydrogen) atoms. The van der Waals surface area contributed by atoms with Crippen LogP contribution in [0.15, 0.2) is 6.33 Å². The number of rotatable bonds is 1. The van der Waals surface area contributed by atoms with E-state index < -0.39 is 48.3 Å². The molecule has 3 aliphatic heterocycles. The molecule has 0 spiro atoms. The van der Waals surface area contributed by atoms with Gasteiger partial charge in [-0.2, -0.15) is 0 Å². The van der Waals surface area contributed by atoms with Gasteiger partial charge in [0.15, 0.2) is 28.6 Å². The van der Waals surface area contributed by atoms with Gasteiger partial charge in [0.05, 0.1) is 12.9 Å². The summed E-state index contributed by atoms with van der Waals surface area (Å²) < 4.78 is 32.2. The number of hydrogen-bond donors (Lipinski definition) is 1. The van der Waals surface area contributed by atoms with E-state index >= 15 is 0 Å². The molecule has 3 saturated heterocycles. The average Bonchev–Trinajstić information content (AvgIpc) is 3.18. The number of ether oxygens (including phenoxy) is 5. The first-order valence-electron chi connectivity index (χ1n) is 9.92. The Labute approximate surface area is 178 Å². The SMILES string of the molecule is Cc1nc(Cl)c2ncn([C@@H]3OC4COC(C)(C)O[C@H]4[C@@H]4OC(C)(C)OC4C3O)c2n1. The molecule has 2 aromatic heterocycles. The fourth-order valence-electron chi connectivity index (χ4n) is 4.37. The predicted molar refractivity (Wildman–Crippen MR) is 104 cm³/mol. The van der Waals surface area contributed by atoms with Crippen molar-refractivity contribution in [1.29, 1.82) is 0 Å². The van der Waals surface area contributed by atoms with E-state index in [9.17, 15) is 5.11 Å². The maximum absolute atomic E-state index is 11.3. The van der Waals surface area contributed by atoms with Crippen LogP contribution >= 0.6 is 11.6 Å². The van der Waals surface area contributed by atoms with Crippen LogP contribution in [-0.2, 0) is 23.7 Å². The molecule has 10 nitrogen and oxygen atoms in total.